The number of hydrogen-bond acceptors (Lipinski definition) is 33. The van der Waals surface area contributed by atoms with Gasteiger partial charge >= 0.3 is 5.97 Å². The molecule has 0 bridgehead atoms. The Kier molecular flexibility index (Phi) is 21.9. The molecule has 0 aromatic carbocycles. The molecular weight excluding hydrogens is 1260 g/mol. The fourth-order valence-corrected chi connectivity index (χ4v) is 18.0. The van der Waals surface area contributed by atoms with E-state index in [9.17, 15) is 102 Å². The largest absolute Gasteiger partial charge is 0.458 e. The van der Waals surface area contributed by atoms with Gasteiger partial charge in [-0.15, -0.1) is 0 Å². The van der Waals surface area contributed by atoms with Crippen LogP contribution in [0.2, 0.25) is 0 Å². The lowest BCUT2D eigenvalue weighted by Crippen LogP contribution is -2.69. The van der Waals surface area contributed by atoms with E-state index in [1.54, 1.807) is 0 Å². The zero-order valence-electron chi connectivity index (χ0n) is 53.0. The molecule has 7 heterocycles. The van der Waals surface area contributed by atoms with Crippen LogP contribution in [0.4, 0.5) is 0 Å². The molecule has 11 aliphatic rings. The van der Waals surface area contributed by atoms with Crippen molar-refractivity contribution in [2.24, 2.45) is 33.5 Å². The maximum absolute atomic E-state index is 12.8. The SMILES string of the molecule is C[C@@H]1O[C@@H](O[C@H]2[C@H](O[C@H]3[C@H](OC[C@H]4O[C@@H](O[C@H]5CC[C@]6(C)C7=C(CC[C@H]6C5(CO)CO)[C@]5(C)CCC6(OC(=O)C[C@H]6C)[C@@]5(C)CC7)[C@H](O)[C@@H](O)[C@@H]4O)OC[C@H](O)[C@@H]3O)O[C@H](CO)[C@@H](O)[C@@H]2O[C@@H]2O[C@H](CO)[C@@H](O)[C@H](O)[C@H]2O[C@@H]2O[C@H](CO)[C@@H](O)[C@H](O)[C@H]2O)[C@H](O)[C@H](O)[C@H]1O. The first kappa shape index (κ1) is 73.2. The van der Waals surface area contributed by atoms with Gasteiger partial charge in [0.1, 0.15) is 140 Å². The van der Waals surface area contributed by atoms with Crippen LogP contribution in [0.15, 0.2) is 11.1 Å². The topological polar surface area (TPSA) is 521 Å². The highest BCUT2D eigenvalue weighted by Gasteiger charge is 2.73. The lowest BCUT2D eigenvalue weighted by molar-refractivity contribution is -0.414. The molecular formula is C61H98O33. The van der Waals surface area contributed by atoms with E-state index < -0.39 is 247 Å². The number of esters is 1. The van der Waals surface area contributed by atoms with Crippen molar-refractivity contribution >= 4 is 5.97 Å². The Morgan fingerprint density at radius 3 is 1.59 bits per heavy atom. The van der Waals surface area contributed by atoms with E-state index in [0.29, 0.717) is 25.7 Å². The first-order chi connectivity index (χ1) is 44.4. The van der Waals surface area contributed by atoms with Gasteiger partial charge in [0, 0.05) is 16.7 Å². The number of carbonyl (C=O) groups is 1. The molecule has 0 amide bonds. The molecule has 94 heavy (non-hydrogen) atoms. The van der Waals surface area contributed by atoms with E-state index in [2.05, 4.69) is 27.7 Å². The fourth-order valence-electron chi connectivity index (χ4n) is 18.0. The van der Waals surface area contributed by atoms with Crippen LogP contribution in [0, 0.1) is 33.5 Å². The Balaban J connectivity index is 0.834. The maximum Gasteiger partial charge on any atom is 0.306 e. The predicted octanol–water partition coefficient (Wildman–Crippen LogP) is -7.64. The molecule has 36 atom stereocenters. The summed E-state index contributed by atoms with van der Waals surface area (Å²) in [4.78, 5) is 12.8. The van der Waals surface area contributed by atoms with E-state index in [1.165, 1.54) is 18.1 Å². The van der Waals surface area contributed by atoms with Crippen molar-refractivity contribution < 1.29 is 163 Å². The van der Waals surface area contributed by atoms with Crippen LogP contribution < -0.4 is 0 Å². The van der Waals surface area contributed by atoms with Gasteiger partial charge in [0.2, 0.25) is 0 Å². The zero-order valence-corrected chi connectivity index (χ0v) is 53.0. The number of allylic oxidation sites excluding steroid dienone is 2. The molecule has 1 spiro atoms. The van der Waals surface area contributed by atoms with Crippen LogP contribution in [0.5, 0.6) is 0 Å². The van der Waals surface area contributed by atoms with Crippen LogP contribution in [-0.2, 0) is 66.4 Å². The third kappa shape index (κ3) is 12.1. The van der Waals surface area contributed by atoms with E-state index in [-0.39, 0.29) is 35.1 Å². The van der Waals surface area contributed by atoms with Gasteiger partial charge in [0.15, 0.2) is 37.7 Å². The van der Waals surface area contributed by atoms with Crippen LogP contribution in [0.1, 0.15) is 92.4 Å². The van der Waals surface area contributed by atoms with Gasteiger partial charge in [0.25, 0.3) is 0 Å². The highest BCUT2D eigenvalue weighted by Crippen LogP contribution is 2.75. The van der Waals surface area contributed by atoms with E-state index in [0.717, 1.165) is 25.7 Å². The predicted molar refractivity (Wildman–Crippen MR) is 305 cm³/mol. The van der Waals surface area contributed by atoms with Gasteiger partial charge in [-0.3, -0.25) is 4.79 Å². The van der Waals surface area contributed by atoms with Crippen molar-refractivity contribution in [2.45, 2.75) is 282 Å². The summed E-state index contributed by atoms with van der Waals surface area (Å²) in [7, 11) is 0. The molecule has 9 fully saturated rings. The number of fused-ring (bicyclic) bond motifs is 5. The molecule has 19 N–H and O–H groups in total. The molecule has 0 radical (unpaired) electrons. The third-order valence-corrected chi connectivity index (χ3v) is 23.9. The van der Waals surface area contributed by atoms with Crippen molar-refractivity contribution in [2.75, 3.05) is 46.2 Å². The maximum atomic E-state index is 12.8. The number of aliphatic hydroxyl groups is 19. The second-order valence-electron chi connectivity index (χ2n) is 28.6. The summed E-state index contributed by atoms with van der Waals surface area (Å²) in [6, 6.07) is 0. The zero-order chi connectivity index (χ0) is 68.2. The molecule has 33 nitrogen and oxygen atoms in total. The summed E-state index contributed by atoms with van der Waals surface area (Å²) < 4.78 is 78.8. The minimum atomic E-state index is -2.17. The average Bonchev–Trinajstić information content (AvgIpc) is 1.43. The van der Waals surface area contributed by atoms with Crippen molar-refractivity contribution in [3.63, 3.8) is 0 Å². The fraction of sp³-hybridized carbons (Fsp3) is 0.951. The van der Waals surface area contributed by atoms with Crippen molar-refractivity contribution in [3.05, 3.63) is 11.1 Å². The van der Waals surface area contributed by atoms with Crippen LogP contribution in [-0.4, -0.2) is 339 Å². The Morgan fingerprint density at radius 1 is 0.468 bits per heavy atom. The normalized spacial score (nSPS) is 53.7. The monoisotopic (exact) mass is 1360 g/mol. The number of carbonyl (C=O) groups excluding carboxylic acids is 1. The molecule has 540 valence electrons. The van der Waals surface area contributed by atoms with Gasteiger partial charge in [0.05, 0.1) is 64.9 Å². The Hall–Kier alpha value is -2.03. The Morgan fingerprint density at radius 2 is 0.979 bits per heavy atom. The summed E-state index contributed by atoms with van der Waals surface area (Å²) in [5.41, 5.74) is -0.457. The molecule has 33 heteroatoms. The minimum absolute atomic E-state index is 0.0483. The molecule has 0 aromatic rings. The van der Waals surface area contributed by atoms with Crippen LogP contribution >= 0.6 is 0 Å². The van der Waals surface area contributed by atoms with Crippen molar-refractivity contribution in [1.29, 1.82) is 0 Å². The van der Waals surface area contributed by atoms with Crippen LogP contribution in [0.3, 0.4) is 0 Å². The van der Waals surface area contributed by atoms with Gasteiger partial charge in [-0.05, 0) is 75.0 Å². The highest BCUT2D eigenvalue weighted by atomic mass is 16.8. The Bertz CT molecular complexity index is 2620. The summed E-state index contributed by atoms with van der Waals surface area (Å²) >= 11 is 0. The van der Waals surface area contributed by atoms with Gasteiger partial charge < -0.3 is 159 Å². The smallest absolute Gasteiger partial charge is 0.306 e. The van der Waals surface area contributed by atoms with Crippen LogP contribution in [0.25, 0.3) is 0 Å². The number of aliphatic hydroxyl groups excluding tert-OH is 19. The summed E-state index contributed by atoms with van der Waals surface area (Å²) in [6.07, 6.45) is -51.5. The molecule has 7 aliphatic heterocycles. The highest BCUT2D eigenvalue weighted by molar-refractivity contribution is 5.73. The van der Waals surface area contributed by atoms with Gasteiger partial charge in [-0.25, -0.2) is 0 Å². The first-order valence-corrected chi connectivity index (χ1v) is 32.7. The molecule has 2 saturated carbocycles. The number of ether oxygens (including phenoxy) is 13. The second kappa shape index (κ2) is 28.1. The summed E-state index contributed by atoms with van der Waals surface area (Å²) in [5.74, 6) is -0.483. The summed E-state index contributed by atoms with van der Waals surface area (Å²) in [5, 5.41) is 211. The summed E-state index contributed by atoms with van der Waals surface area (Å²) in [6.45, 7) is 4.62. The first-order valence-electron chi connectivity index (χ1n) is 32.7. The molecule has 11 rings (SSSR count). The van der Waals surface area contributed by atoms with E-state index in [4.69, 9.17) is 61.6 Å². The molecule has 4 aliphatic carbocycles. The lowest BCUT2D eigenvalue weighted by atomic mass is 9.42. The standard InChI is InChI=1S/C61H98O33/c1-22-14-33(68)94-61(22)13-12-58(4)25-6-7-31-57(3,24(25)8-11-59(58,61)5)10-9-32(60(31,20-65)21-66)89-52-45(80)42(77)38(73)30(88-52)19-83-54-48(35(70)26(67)18-82-54)92-56-50(93-51-44(79)40(75)34(69)23(2)84-51)47(39(74)29(17-64)87-56)90-55-49(43(78)37(72)28(16-63)86-55)91-53-46(81)41(76)36(71)27(15-62)85-53/h22-23,26-32,34-56,62-67,69-81H,6-21H2,1-5H3/t22-,23+,26+,27-,28-,29-,30-,31-,32+,34+,35+,36-,37-,38-,39-,40-,41+,42+,43+,44-,45-,46-,47+,48-,49-,50-,51+,52+,53+,54+,55+,56+,57-,58+,59+,61?/m1/s1. The minimum Gasteiger partial charge on any atom is -0.458 e. The molecule has 0 aromatic heterocycles. The number of hydrogen-bond donors (Lipinski definition) is 19. The quantitative estimate of drug-likeness (QED) is 0.0448. The van der Waals surface area contributed by atoms with Crippen molar-refractivity contribution in [1.82, 2.24) is 0 Å². The lowest BCUT2D eigenvalue weighted by Gasteiger charge is -2.63. The molecule has 7 saturated heterocycles. The second-order valence-corrected chi connectivity index (χ2v) is 28.6. The average molecular weight is 1360 g/mol. The van der Waals surface area contributed by atoms with Crippen molar-refractivity contribution in [3.8, 4) is 0 Å². The van der Waals surface area contributed by atoms with Gasteiger partial charge in [-0.2, -0.15) is 0 Å². The van der Waals surface area contributed by atoms with Gasteiger partial charge in [-0.1, -0.05) is 38.8 Å². The molecule has 1 unspecified atom stereocenters. The number of rotatable bonds is 18. The van der Waals surface area contributed by atoms with E-state index >= 15 is 0 Å². The van der Waals surface area contributed by atoms with E-state index in [1.807, 2.05) is 0 Å². The third-order valence-electron chi connectivity index (χ3n) is 23.9. The Labute approximate surface area is 541 Å².